The standard InChI is InChI=1S/C12H23NO3/c1-3-10(8-12(14)15)13(2)9-11-6-4-5-7-16-11/h10-11H,3-9H2,1-2H3,(H,14,15). The molecular formula is C12H23NO3. The first-order valence-electron chi connectivity index (χ1n) is 6.17. The summed E-state index contributed by atoms with van der Waals surface area (Å²) in [6, 6.07) is 0.128. The predicted molar refractivity (Wildman–Crippen MR) is 62.6 cm³/mol. The maximum Gasteiger partial charge on any atom is 0.304 e. The smallest absolute Gasteiger partial charge is 0.304 e. The molecule has 0 aromatic carbocycles. The summed E-state index contributed by atoms with van der Waals surface area (Å²) in [5, 5.41) is 8.81. The minimum absolute atomic E-state index is 0.128. The second-order valence-electron chi connectivity index (χ2n) is 4.59. The van der Waals surface area contributed by atoms with E-state index in [4.69, 9.17) is 9.84 Å². The van der Waals surface area contributed by atoms with Crippen LogP contribution in [-0.4, -0.2) is 48.3 Å². The van der Waals surface area contributed by atoms with Crippen LogP contribution >= 0.6 is 0 Å². The van der Waals surface area contributed by atoms with Crippen LogP contribution < -0.4 is 0 Å². The molecular weight excluding hydrogens is 206 g/mol. The van der Waals surface area contributed by atoms with E-state index in [9.17, 15) is 4.79 Å². The number of likely N-dealkylation sites (N-methyl/N-ethyl adjacent to an activating group) is 1. The molecule has 1 aliphatic rings. The van der Waals surface area contributed by atoms with Gasteiger partial charge in [0.2, 0.25) is 0 Å². The SMILES string of the molecule is CCC(CC(=O)O)N(C)CC1CCCCO1. The van der Waals surface area contributed by atoms with Gasteiger partial charge in [-0.2, -0.15) is 0 Å². The molecule has 0 bridgehead atoms. The van der Waals surface area contributed by atoms with Gasteiger partial charge in [0, 0.05) is 19.2 Å². The fourth-order valence-corrected chi connectivity index (χ4v) is 2.24. The van der Waals surface area contributed by atoms with Gasteiger partial charge in [0.1, 0.15) is 0 Å². The van der Waals surface area contributed by atoms with Gasteiger partial charge in [0.15, 0.2) is 0 Å². The van der Waals surface area contributed by atoms with E-state index in [1.54, 1.807) is 0 Å². The van der Waals surface area contributed by atoms with Crippen molar-refractivity contribution in [1.29, 1.82) is 0 Å². The Hall–Kier alpha value is -0.610. The van der Waals surface area contributed by atoms with Crippen LogP contribution in [0.25, 0.3) is 0 Å². The molecule has 1 rings (SSSR count). The zero-order valence-electron chi connectivity index (χ0n) is 10.3. The molecule has 94 valence electrons. The van der Waals surface area contributed by atoms with Gasteiger partial charge in [0.25, 0.3) is 0 Å². The lowest BCUT2D eigenvalue weighted by Crippen LogP contribution is -2.40. The van der Waals surface area contributed by atoms with Crippen molar-refractivity contribution < 1.29 is 14.6 Å². The van der Waals surface area contributed by atoms with Crippen LogP contribution in [0.4, 0.5) is 0 Å². The summed E-state index contributed by atoms with van der Waals surface area (Å²) in [6.45, 7) is 3.74. The molecule has 2 unspecified atom stereocenters. The van der Waals surface area contributed by atoms with Gasteiger partial charge < -0.3 is 14.7 Å². The van der Waals surface area contributed by atoms with Crippen LogP contribution in [0.15, 0.2) is 0 Å². The van der Waals surface area contributed by atoms with Crippen molar-refractivity contribution in [3.8, 4) is 0 Å². The fraction of sp³-hybridized carbons (Fsp3) is 0.917. The van der Waals surface area contributed by atoms with E-state index in [-0.39, 0.29) is 12.5 Å². The minimum Gasteiger partial charge on any atom is -0.481 e. The Balaban J connectivity index is 2.35. The number of carboxylic acid groups (broad SMARTS) is 1. The third-order valence-electron chi connectivity index (χ3n) is 3.27. The molecule has 0 spiro atoms. The molecule has 0 amide bonds. The first-order chi connectivity index (χ1) is 7.63. The lowest BCUT2D eigenvalue weighted by atomic mass is 10.1. The molecule has 2 atom stereocenters. The summed E-state index contributed by atoms with van der Waals surface area (Å²) in [5.74, 6) is -0.719. The second-order valence-corrected chi connectivity index (χ2v) is 4.59. The Morgan fingerprint density at radius 1 is 1.56 bits per heavy atom. The zero-order valence-corrected chi connectivity index (χ0v) is 10.3. The Kier molecular flexibility index (Phi) is 5.77. The Morgan fingerprint density at radius 2 is 2.31 bits per heavy atom. The summed E-state index contributed by atoms with van der Waals surface area (Å²) < 4.78 is 5.66. The zero-order chi connectivity index (χ0) is 12.0. The molecule has 4 nitrogen and oxygen atoms in total. The number of carbonyl (C=O) groups is 1. The fourth-order valence-electron chi connectivity index (χ4n) is 2.24. The third-order valence-corrected chi connectivity index (χ3v) is 3.27. The molecule has 0 aromatic rings. The normalized spacial score (nSPS) is 23.3. The third kappa shape index (κ3) is 4.49. The maximum atomic E-state index is 10.7. The highest BCUT2D eigenvalue weighted by atomic mass is 16.5. The van der Waals surface area contributed by atoms with Gasteiger partial charge in [-0.05, 0) is 32.7 Å². The molecule has 16 heavy (non-hydrogen) atoms. The van der Waals surface area contributed by atoms with Crippen molar-refractivity contribution in [3.05, 3.63) is 0 Å². The number of carboxylic acids is 1. The number of aliphatic carboxylic acids is 1. The molecule has 1 N–H and O–H groups in total. The number of rotatable bonds is 6. The summed E-state index contributed by atoms with van der Waals surface area (Å²) in [6.07, 6.45) is 4.88. The highest BCUT2D eigenvalue weighted by molar-refractivity contribution is 5.67. The minimum atomic E-state index is -0.719. The van der Waals surface area contributed by atoms with Gasteiger partial charge in [0.05, 0.1) is 12.5 Å². The van der Waals surface area contributed by atoms with Crippen molar-refractivity contribution in [3.63, 3.8) is 0 Å². The summed E-state index contributed by atoms with van der Waals surface area (Å²) >= 11 is 0. The predicted octanol–water partition coefficient (Wildman–Crippen LogP) is 1.74. The molecule has 1 saturated heterocycles. The Bertz CT molecular complexity index is 214. The summed E-state index contributed by atoms with van der Waals surface area (Å²) in [4.78, 5) is 12.8. The lowest BCUT2D eigenvalue weighted by molar-refractivity contribution is -0.138. The molecule has 0 saturated carbocycles. The van der Waals surface area contributed by atoms with E-state index in [0.717, 1.165) is 32.4 Å². The Labute approximate surface area is 97.6 Å². The van der Waals surface area contributed by atoms with E-state index in [2.05, 4.69) is 4.90 Å². The first kappa shape index (κ1) is 13.5. The van der Waals surface area contributed by atoms with E-state index >= 15 is 0 Å². The highest BCUT2D eigenvalue weighted by Crippen LogP contribution is 2.16. The van der Waals surface area contributed by atoms with Gasteiger partial charge in [-0.3, -0.25) is 4.79 Å². The average molecular weight is 229 g/mol. The lowest BCUT2D eigenvalue weighted by Gasteiger charge is -2.31. The van der Waals surface area contributed by atoms with Gasteiger partial charge >= 0.3 is 5.97 Å². The summed E-state index contributed by atoms with van der Waals surface area (Å²) in [7, 11) is 2.00. The van der Waals surface area contributed by atoms with E-state index in [0.29, 0.717) is 6.10 Å². The quantitative estimate of drug-likeness (QED) is 0.753. The first-order valence-corrected chi connectivity index (χ1v) is 6.17. The van der Waals surface area contributed by atoms with Gasteiger partial charge in [-0.15, -0.1) is 0 Å². The second kappa shape index (κ2) is 6.86. The molecule has 0 aromatic heterocycles. The molecule has 4 heteroatoms. The van der Waals surface area contributed by atoms with E-state index in [1.807, 2.05) is 14.0 Å². The van der Waals surface area contributed by atoms with Crippen LogP contribution in [0.3, 0.4) is 0 Å². The van der Waals surface area contributed by atoms with E-state index in [1.165, 1.54) is 6.42 Å². The van der Waals surface area contributed by atoms with Crippen molar-refractivity contribution in [2.75, 3.05) is 20.2 Å². The largest absolute Gasteiger partial charge is 0.481 e. The topological polar surface area (TPSA) is 49.8 Å². The number of nitrogens with zero attached hydrogens (tertiary/aromatic N) is 1. The van der Waals surface area contributed by atoms with Gasteiger partial charge in [-0.25, -0.2) is 0 Å². The average Bonchev–Trinajstić information content (AvgIpc) is 2.26. The van der Waals surface area contributed by atoms with Crippen LogP contribution in [0.1, 0.15) is 39.0 Å². The van der Waals surface area contributed by atoms with Crippen LogP contribution in [0.2, 0.25) is 0 Å². The molecule has 1 aliphatic heterocycles. The molecule has 1 fully saturated rings. The van der Waals surface area contributed by atoms with Crippen LogP contribution in [-0.2, 0) is 9.53 Å². The van der Waals surface area contributed by atoms with Crippen molar-refractivity contribution in [1.82, 2.24) is 4.90 Å². The number of ether oxygens (including phenoxy) is 1. The van der Waals surface area contributed by atoms with Crippen LogP contribution in [0, 0.1) is 0 Å². The number of hydrogen-bond donors (Lipinski definition) is 1. The van der Waals surface area contributed by atoms with Crippen molar-refractivity contribution >= 4 is 5.97 Å². The van der Waals surface area contributed by atoms with E-state index < -0.39 is 5.97 Å². The monoisotopic (exact) mass is 229 g/mol. The molecule has 0 radical (unpaired) electrons. The van der Waals surface area contributed by atoms with Gasteiger partial charge in [-0.1, -0.05) is 6.92 Å². The highest BCUT2D eigenvalue weighted by Gasteiger charge is 2.21. The molecule has 1 heterocycles. The van der Waals surface area contributed by atoms with Crippen LogP contribution in [0.5, 0.6) is 0 Å². The molecule has 0 aliphatic carbocycles. The maximum absolute atomic E-state index is 10.7. The number of hydrogen-bond acceptors (Lipinski definition) is 3. The summed E-state index contributed by atoms with van der Waals surface area (Å²) in [5.41, 5.74) is 0. The van der Waals surface area contributed by atoms with Crippen molar-refractivity contribution in [2.24, 2.45) is 0 Å². The Morgan fingerprint density at radius 3 is 2.81 bits per heavy atom. The van der Waals surface area contributed by atoms with Crippen molar-refractivity contribution in [2.45, 2.75) is 51.2 Å².